The predicted octanol–water partition coefficient (Wildman–Crippen LogP) is 6.71. The predicted molar refractivity (Wildman–Crippen MR) is 159 cm³/mol. The van der Waals surface area contributed by atoms with Crippen LogP contribution in [0.5, 0.6) is 0 Å². The van der Waals surface area contributed by atoms with Crippen LogP contribution in [0.3, 0.4) is 0 Å². The number of aromatic nitrogens is 2. The number of nitrogens with zero attached hydrogens (tertiary/aromatic N) is 1. The molecule has 6 aromatic rings. The van der Waals surface area contributed by atoms with Crippen LogP contribution in [-0.4, -0.2) is 37.1 Å². The number of anilines is 1. The summed E-state index contributed by atoms with van der Waals surface area (Å²) >= 11 is 0. The van der Waals surface area contributed by atoms with Gasteiger partial charge in [-0.05, 0) is 73.2 Å². The van der Waals surface area contributed by atoms with E-state index in [4.69, 9.17) is 4.42 Å². The van der Waals surface area contributed by atoms with Gasteiger partial charge in [-0.15, -0.1) is 0 Å². The lowest BCUT2D eigenvalue weighted by Crippen LogP contribution is -2.18. The smallest absolute Gasteiger partial charge is 0.255 e. The monoisotopic (exact) mass is 586 g/mol. The van der Waals surface area contributed by atoms with Crippen molar-refractivity contribution in [1.82, 2.24) is 15.3 Å². The summed E-state index contributed by atoms with van der Waals surface area (Å²) in [5.74, 6) is -1.21. The molecule has 0 bridgehead atoms. The average Bonchev–Trinajstić information content (AvgIpc) is 3.59. The molecule has 0 saturated carbocycles. The first kappa shape index (κ1) is 27.2. The second-order valence-corrected chi connectivity index (χ2v) is 11.6. The van der Waals surface area contributed by atoms with Gasteiger partial charge in [0, 0.05) is 46.7 Å². The number of rotatable bonds is 7. The number of hydrogen-bond acceptors (Lipinski definition) is 5. The first-order valence-corrected chi connectivity index (χ1v) is 14.7. The summed E-state index contributed by atoms with van der Waals surface area (Å²) in [5, 5.41) is 3.46. The highest BCUT2D eigenvalue weighted by atomic mass is 32.2. The van der Waals surface area contributed by atoms with Gasteiger partial charge < -0.3 is 14.7 Å². The van der Waals surface area contributed by atoms with Crippen molar-refractivity contribution in [3.05, 3.63) is 96.2 Å². The number of nitrogens with one attached hydrogen (secondary N) is 3. The van der Waals surface area contributed by atoms with Crippen LogP contribution in [0.1, 0.15) is 17.3 Å². The molecule has 6 rings (SSSR count). The van der Waals surface area contributed by atoms with E-state index >= 15 is 0 Å². The SMILES string of the molecule is CCS(=O)(=O)Nc1cc2oc(-c3ccc(F)cc3)c(C(=O)NC)c2cc1-c1ccnc(-c2cc3c(F)cccc3[nH]2)c1. The van der Waals surface area contributed by atoms with Gasteiger partial charge in [-0.1, -0.05) is 6.07 Å². The first-order valence-electron chi connectivity index (χ1n) is 13.0. The number of halogens is 2. The number of fused-ring (bicyclic) bond motifs is 2. The molecule has 42 heavy (non-hydrogen) atoms. The fraction of sp³-hybridized carbons (Fsp3) is 0.0968. The van der Waals surface area contributed by atoms with Crippen molar-refractivity contribution >= 4 is 43.5 Å². The molecule has 212 valence electrons. The number of carbonyl (C=O) groups is 1. The molecule has 1 amide bonds. The van der Waals surface area contributed by atoms with E-state index < -0.39 is 21.7 Å². The molecular formula is C31H24F2N4O4S. The van der Waals surface area contributed by atoms with E-state index in [1.54, 1.807) is 42.6 Å². The molecule has 3 aromatic heterocycles. The van der Waals surface area contributed by atoms with E-state index in [9.17, 15) is 22.0 Å². The van der Waals surface area contributed by atoms with Crippen LogP contribution in [0.15, 0.2) is 83.4 Å². The number of H-pyrrole nitrogens is 1. The third-order valence-electron chi connectivity index (χ3n) is 6.99. The molecule has 0 unspecified atom stereocenters. The average molecular weight is 587 g/mol. The van der Waals surface area contributed by atoms with Gasteiger partial charge in [0.1, 0.15) is 23.0 Å². The lowest BCUT2D eigenvalue weighted by atomic mass is 9.98. The number of benzene rings is 3. The van der Waals surface area contributed by atoms with Gasteiger partial charge in [0.25, 0.3) is 5.91 Å². The van der Waals surface area contributed by atoms with Gasteiger partial charge in [0.2, 0.25) is 10.0 Å². The molecule has 3 heterocycles. The van der Waals surface area contributed by atoms with Gasteiger partial charge >= 0.3 is 0 Å². The first-order chi connectivity index (χ1) is 20.2. The molecule has 0 aliphatic carbocycles. The number of aromatic amines is 1. The number of hydrogen-bond donors (Lipinski definition) is 3. The van der Waals surface area contributed by atoms with Crippen LogP contribution in [0.2, 0.25) is 0 Å². The quantitative estimate of drug-likeness (QED) is 0.192. The zero-order valence-corrected chi connectivity index (χ0v) is 23.3. The number of pyridine rings is 1. The normalized spacial score (nSPS) is 11.7. The Kier molecular flexibility index (Phi) is 6.74. The summed E-state index contributed by atoms with van der Waals surface area (Å²) in [7, 11) is -2.23. The minimum Gasteiger partial charge on any atom is -0.455 e. The standard InChI is InChI=1S/C31H24F2N4O4S/c1-3-42(39,40)37-25-16-28-22(29(31(38)34-2)30(41-28)17-7-9-19(32)10-8-17)14-20(25)18-11-12-35-26(13-18)27-15-21-23(33)5-4-6-24(21)36-27/h4-16,36-37H,3H2,1-2H3,(H,34,38). The van der Waals surface area contributed by atoms with E-state index in [-0.39, 0.29) is 34.2 Å². The molecule has 3 N–H and O–H groups in total. The summed E-state index contributed by atoms with van der Waals surface area (Å²) in [6, 6.07) is 18.6. The van der Waals surface area contributed by atoms with Crippen molar-refractivity contribution in [1.29, 1.82) is 0 Å². The Hall–Kier alpha value is -5.03. The van der Waals surface area contributed by atoms with Crippen LogP contribution >= 0.6 is 0 Å². The molecule has 0 atom stereocenters. The maximum absolute atomic E-state index is 14.4. The van der Waals surface area contributed by atoms with Gasteiger partial charge in [0.05, 0.1) is 28.4 Å². The van der Waals surface area contributed by atoms with Crippen LogP contribution < -0.4 is 10.0 Å². The molecule has 0 radical (unpaired) electrons. The number of carbonyl (C=O) groups excluding carboxylic acids is 1. The molecule has 0 fully saturated rings. The summed E-state index contributed by atoms with van der Waals surface area (Å²) in [6.45, 7) is 1.52. The van der Waals surface area contributed by atoms with Gasteiger partial charge in [-0.2, -0.15) is 0 Å². The van der Waals surface area contributed by atoms with Crippen molar-refractivity contribution in [2.24, 2.45) is 0 Å². The van der Waals surface area contributed by atoms with Crippen LogP contribution in [-0.2, 0) is 10.0 Å². The highest BCUT2D eigenvalue weighted by molar-refractivity contribution is 7.92. The van der Waals surface area contributed by atoms with Crippen LogP contribution in [0.4, 0.5) is 14.5 Å². The molecule has 0 aliphatic rings. The minimum atomic E-state index is -3.71. The van der Waals surface area contributed by atoms with Crippen molar-refractivity contribution in [2.45, 2.75) is 6.92 Å². The summed E-state index contributed by atoms with van der Waals surface area (Å²) in [6.07, 6.45) is 1.56. The molecule has 3 aromatic carbocycles. The number of sulfonamides is 1. The Labute approximate surface area is 239 Å². The van der Waals surface area contributed by atoms with Crippen molar-refractivity contribution in [2.75, 3.05) is 17.5 Å². The lowest BCUT2D eigenvalue weighted by Gasteiger charge is -2.13. The summed E-state index contributed by atoms with van der Waals surface area (Å²) < 4.78 is 62.1. The van der Waals surface area contributed by atoms with Crippen molar-refractivity contribution < 1.29 is 26.4 Å². The van der Waals surface area contributed by atoms with E-state index in [1.165, 1.54) is 50.4 Å². The van der Waals surface area contributed by atoms with E-state index in [0.717, 1.165) is 0 Å². The molecule has 0 spiro atoms. The Morgan fingerprint density at radius 2 is 1.76 bits per heavy atom. The maximum atomic E-state index is 14.4. The third-order valence-corrected chi connectivity index (χ3v) is 8.28. The van der Waals surface area contributed by atoms with E-state index in [0.29, 0.717) is 44.4 Å². The zero-order chi connectivity index (χ0) is 29.6. The second kappa shape index (κ2) is 10.4. The highest BCUT2D eigenvalue weighted by Gasteiger charge is 2.25. The Bertz CT molecular complexity index is 2100. The van der Waals surface area contributed by atoms with Crippen LogP contribution in [0.25, 0.3) is 55.7 Å². The zero-order valence-electron chi connectivity index (χ0n) is 22.5. The van der Waals surface area contributed by atoms with Gasteiger partial charge in [-0.3, -0.25) is 14.5 Å². The fourth-order valence-corrected chi connectivity index (χ4v) is 5.51. The molecule has 8 nitrogen and oxygen atoms in total. The Morgan fingerprint density at radius 1 is 0.976 bits per heavy atom. The molecule has 0 saturated heterocycles. The summed E-state index contributed by atoms with van der Waals surface area (Å²) in [4.78, 5) is 20.7. The third kappa shape index (κ3) is 4.88. The summed E-state index contributed by atoms with van der Waals surface area (Å²) in [5.41, 5.74) is 3.89. The van der Waals surface area contributed by atoms with Crippen molar-refractivity contribution in [3.63, 3.8) is 0 Å². The Balaban J connectivity index is 1.58. The molecule has 11 heteroatoms. The van der Waals surface area contributed by atoms with E-state index in [2.05, 4.69) is 20.0 Å². The second-order valence-electron chi connectivity index (χ2n) is 9.61. The number of furan rings is 1. The highest BCUT2D eigenvalue weighted by Crippen LogP contribution is 2.40. The maximum Gasteiger partial charge on any atom is 0.255 e. The molecular weight excluding hydrogens is 562 g/mol. The lowest BCUT2D eigenvalue weighted by molar-refractivity contribution is 0.0964. The molecule has 0 aliphatic heterocycles. The fourth-order valence-electron chi connectivity index (χ4n) is 4.86. The van der Waals surface area contributed by atoms with Crippen LogP contribution in [0, 0.1) is 11.6 Å². The van der Waals surface area contributed by atoms with Gasteiger partial charge in [0.15, 0.2) is 0 Å². The minimum absolute atomic E-state index is 0.171. The van der Waals surface area contributed by atoms with Gasteiger partial charge in [-0.25, -0.2) is 17.2 Å². The topological polar surface area (TPSA) is 117 Å². The van der Waals surface area contributed by atoms with E-state index in [1.807, 2.05) is 0 Å². The Morgan fingerprint density at radius 3 is 2.48 bits per heavy atom. The number of amides is 1. The van der Waals surface area contributed by atoms with Crippen molar-refractivity contribution in [3.8, 4) is 33.8 Å². The largest absolute Gasteiger partial charge is 0.455 e.